The van der Waals surface area contributed by atoms with Crippen LogP contribution in [0.2, 0.25) is 0 Å². The van der Waals surface area contributed by atoms with Gasteiger partial charge in [0.25, 0.3) is 0 Å². The summed E-state index contributed by atoms with van der Waals surface area (Å²) in [5, 5.41) is 11.0. The zero-order valence-corrected chi connectivity index (χ0v) is 10.8. The lowest BCUT2D eigenvalue weighted by atomic mass is 10.2. The molecule has 1 aromatic carbocycles. The first-order chi connectivity index (χ1) is 8.83. The van der Waals surface area contributed by atoms with Crippen LogP contribution in [0.25, 0.3) is 0 Å². The lowest BCUT2D eigenvalue weighted by Gasteiger charge is -2.07. The van der Waals surface area contributed by atoms with Crippen molar-refractivity contribution in [2.75, 3.05) is 7.05 Å². The Kier molecular flexibility index (Phi) is 4.30. The van der Waals surface area contributed by atoms with Gasteiger partial charge in [-0.1, -0.05) is 24.3 Å². The Balaban J connectivity index is 2.06. The van der Waals surface area contributed by atoms with Crippen LogP contribution in [-0.4, -0.2) is 22.0 Å². The van der Waals surface area contributed by atoms with Crippen molar-refractivity contribution in [3.05, 3.63) is 36.0 Å². The first-order valence-corrected chi connectivity index (χ1v) is 6.13. The minimum absolute atomic E-state index is 0.679. The highest BCUT2D eigenvalue weighted by atomic mass is 16.5. The van der Waals surface area contributed by atoms with E-state index in [1.54, 1.807) is 10.9 Å². The summed E-state index contributed by atoms with van der Waals surface area (Å²) >= 11 is 0. The lowest BCUT2D eigenvalue weighted by molar-refractivity contribution is 0.407. The Morgan fingerprint density at radius 3 is 2.72 bits per heavy atom. The van der Waals surface area contributed by atoms with E-state index >= 15 is 0 Å². The number of aromatic nitrogens is 3. The minimum atomic E-state index is 0.679. The summed E-state index contributed by atoms with van der Waals surface area (Å²) < 4.78 is 7.52. The third-order valence-electron chi connectivity index (χ3n) is 2.54. The molecule has 1 heterocycles. The van der Waals surface area contributed by atoms with Crippen LogP contribution in [0.3, 0.4) is 0 Å². The quantitative estimate of drug-likeness (QED) is 0.849. The van der Waals surface area contributed by atoms with E-state index in [0.29, 0.717) is 5.88 Å². The SMILES string of the molecule is CCCn1nncc1Oc1ccc(CNC)cc1. The molecule has 1 aromatic heterocycles. The van der Waals surface area contributed by atoms with E-state index < -0.39 is 0 Å². The molecule has 0 saturated carbocycles. The lowest BCUT2D eigenvalue weighted by Crippen LogP contribution is -2.04. The molecule has 18 heavy (non-hydrogen) atoms. The molecule has 0 saturated heterocycles. The second-order valence-electron chi connectivity index (χ2n) is 4.07. The molecule has 2 aromatic rings. The van der Waals surface area contributed by atoms with E-state index in [1.165, 1.54) is 5.56 Å². The maximum absolute atomic E-state index is 5.75. The molecule has 0 atom stereocenters. The molecule has 5 nitrogen and oxygen atoms in total. The summed E-state index contributed by atoms with van der Waals surface area (Å²) in [7, 11) is 1.93. The number of hydrogen-bond acceptors (Lipinski definition) is 4. The number of benzene rings is 1. The van der Waals surface area contributed by atoms with Crippen LogP contribution in [0.5, 0.6) is 11.6 Å². The summed E-state index contributed by atoms with van der Waals surface area (Å²) in [6.45, 7) is 3.76. The second-order valence-corrected chi connectivity index (χ2v) is 4.07. The normalized spacial score (nSPS) is 10.6. The third kappa shape index (κ3) is 3.07. The smallest absolute Gasteiger partial charge is 0.238 e. The van der Waals surface area contributed by atoms with E-state index in [0.717, 1.165) is 25.3 Å². The fraction of sp³-hybridized carbons (Fsp3) is 0.385. The fourth-order valence-corrected chi connectivity index (χ4v) is 1.69. The van der Waals surface area contributed by atoms with Gasteiger partial charge in [-0.2, -0.15) is 0 Å². The number of nitrogens with zero attached hydrogens (tertiary/aromatic N) is 3. The summed E-state index contributed by atoms with van der Waals surface area (Å²) in [5.41, 5.74) is 1.23. The maximum atomic E-state index is 5.75. The topological polar surface area (TPSA) is 52.0 Å². The van der Waals surface area contributed by atoms with E-state index in [-0.39, 0.29) is 0 Å². The van der Waals surface area contributed by atoms with E-state index in [2.05, 4.69) is 22.6 Å². The van der Waals surface area contributed by atoms with Crippen molar-refractivity contribution < 1.29 is 4.74 Å². The molecule has 2 rings (SSSR count). The van der Waals surface area contributed by atoms with Gasteiger partial charge in [0.2, 0.25) is 5.88 Å². The van der Waals surface area contributed by atoms with E-state index in [1.807, 2.05) is 31.3 Å². The van der Waals surface area contributed by atoms with Crippen LogP contribution in [0.4, 0.5) is 0 Å². The van der Waals surface area contributed by atoms with Crippen molar-refractivity contribution in [3.63, 3.8) is 0 Å². The van der Waals surface area contributed by atoms with E-state index in [4.69, 9.17) is 4.74 Å². The summed E-state index contributed by atoms with van der Waals surface area (Å²) in [6, 6.07) is 7.99. The Bertz CT molecular complexity index is 478. The molecule has 96 valence electrons. The van der Waals surface area contributed by atoms with Crippen molar-refractivity contribution in [2.45, 2.75) is 26.4 Å². The highest BCUT2D eigenvalue weighted by molar-refractivity contribution is 5.29. The van der Waals surface area contributed by atoms with Crippen molar-refractivity contribution in [1.29, 1.82) is 0 Å². The number of aryl methyl sites for hydroxylation is 1. The molecular weight excluding hydrogens is 228 g/mol. The number of hydrogen-bond donors (Lipinski definition) is 1. The van der Waals surface area contributed by atoms with Crippen molar-refractivity contribution in [1.82, 2.24) is 20.3 Å². The van der Waals surface area contributed by atoms with Gasteiger partial charge in [0.05, 0.1) is 0 Å². The molecule has 0 amide bonds. The average molecular weight is 246 g/mol. The van der Waals surface area contributed by atoms with Gasteiger partial charge in [-0.15, -0.1) is 5.10 Å². The molecule has 0 aliphatic carbocycles. The molecule has 0 unspecified atom stereocenters. The van der Waals surface area contributed by atoms with Gasteiger partial charge in [0, 0.05) is 13.1 Å². The molecule has 1 N–H and O–H groups in total. The zero-order valence-electron chi connectivity index (χ0n) is 10.8. The summed E-state index contributed by atoms with van der Waals surface area (Å²) in [4.78, 5) is 0. The van der Waals surface area contributed by atoms with Gasteiger partial charge in [-0.25, -0.2) is 4.68 Å². The van der Waals surface area contributed by atoms with Gasteiger partial charge in [0.1, 0.15) is 11.9 Å². The number of rotatable bonds is 6. The van der Waals surface area contributed by atoms with Gasteiger partial charge < -0.3 is 10.1 Å². The van der Waals surface area contributed by atoms with Gasteiger partial charge in [-0.3, -0.25) is 0 Å². The van der Waals surface area contributed by atoms with Crippen molar-refractivity contribution in [3.8, 4) is 11.6 Å². The summed E-state index contributed by atoms with van der Waals surface area (Å²) in [6.07, 6.45) is 2.64. The Labute approximate surface area is 107 Å². The highest BCUT2D eigenvalue weighted by Crippen LogP contribution is 2.20. The molecular formula is C13H18N4O. The second kappa shape index (κ2) is 6.16. The molecule has 0 radical (unpaired) electrons. The van der Waals surface area contributed by atoms with Crippen molar-refractivity contribution >= 4 is 0 Å². The average Bonchev–Trinajstić information content (AvgIpc) is 2.80. The van der Waals surface area contributed by atoms with Gasteiger partial charge in [0.15, 0.2) is 0 Å². The fourth-order valence-electron chi connectivity index (χ4n) is 1.69. The van der Waals surface area contributed by atoms with Crippen LogP contribution in [0.1, 0.15) is 18.9 Å². The van der Waals surface area contributed by atoms with Gasteiger partial charge in [-0.05, 0) is 31.2 Å². The Morgan fingerprint density at radius 2 is 2.06 bits per heavy atom. The highest BCUT2D eigenvalue weighted by Gasteiger charge is 2.05. The predicted molar refractivity (Wildman–Crippen MR) is 69.6 cm³/mol. The molecule has 0 fully saturated rings. The van der Waals surface area contributed by atoms with Crippen LogP contribution in [-0.2, 0) is 13.1 Å². The standard InChI is InChI=1S/C13H18N4O/c1-3-8-17-13(10-15-16-17)18-12-6-4-11(5-7-12)9-14-2/h4-7,10,14H,3,8-9H2,1-2H3. The van der Waals surface area contributed by atoms with Crippen LogP contribution in [0, 0.1) is 0 Å². The van der Waals surface area contributed by atoms with Crippen LogP contribution in [0.15, 0.2) is 30.5 Å². The predicted octanol–water partition coefficient (Wildman–Crippen LogP) is 2.20. The Hall–Kier alpha value is -1.88. The van der Waals surface area contributed by atoms with Crippen LogP contribution >= 0.6 is 0 Å². The monoisotopic (exact) mass is 246 g/mol. The minimum Gasteiger partial charge on any atom is -0.438 e. The largest absolute Gasteiger partial charge is 0.438 e. The van der Waals surface area contributed by atoms with Crippen molar-refractivity contribution in [2.24, 2.45) is 0 Å². The number of ether oxygens (including phenoxy) is 1. The zero-order chi connectivity index (χ0) is 12.8. The van der Waals surface area contributed by atoms with Gasteiger partial charge >= 0.3 is 0 Å². The molecule has 0 bridgehead atoms. The first kappa shape index (κ1) is 12.6. The molecule has 0 spiro atoms. The van der Waals surface area contributed by atoms with E-state index in [9.17, 15) is 0 Å². The third-order valence-corrected chi connectivity index (χ3v) is 2.54. The molecule has 0 aliphatic heterocycles. The molecule has 5 heteroatoms. The maximum Gasteiger partial charge on any atom is 0.238 e. The van der Waals surface area contributed by atoms with Crippen LogP contribution < -0.4 is 10.1 Å². The Morgan fingerprint density at radius 1 is 1.28 bits per heavy atom. The molecule has 0 aliphatic rings. The number of nitrogens with one attached hydrogen (secondary N) is 1. The first-order valence-electron chi connectivity index (χ1n) is 6.13. The summed E-state index contributed by atoms with van der Waals surface area (Å²) in [5.74, 6) is 1.48.